The van der Waals surface area contributed by atoms with Crippen LogP contribution in [0.1, 0.15) is 29.6 Å². The lowest BCUT2D eigenvalue weighted by Gasteiger charge is -2.23. The fraction of sp³-hybridized carbons (Fsp3) is 0.500. The van der Waals surface area contributed by atoms with Crippen molar-refractivity contribution in [3.05, 3.63) is 29.8 Å². The Hall–Kier alpha value is -1.88. The third kappa shape index (κ3) is 2.78. The number of amides is 1. The molecular weight excluding hydrogens is 268 g/mol. The van der Waals surface area contributed by atoms with E-state index in [1.54, 1.807) is 24.3 Å². The van der Waals surface area contributed by atoms with Gasteiger partial charge in [0.15, 0.2) is 0 Å². The van der Waals surface area contributed by atoms with E-state index in [-0.39, 0.29) is 23.2 Å². The summed E-state index contributed by atoms with van der Waals surface area (Å²) in [6.45, 7) is 2.02. The second-order valence-electron chi connectivity index (χ2n) is 5.93. The lowest BCUT2D eigenvalue weighted by atomic mass is 9.92. The normalized spacial score (nSPS) is 22.6. The molecule has 1 amide bonds. The molecule has 1 atom stereocenters. The van der Waals surface area contributed by atoms with Gasteiger partial charge >= 0.3 is 5.97 Å². The van der Waals surface area contributed by atoms with Crippen molar-refractivity contribution in [2.45, 2.75) is 19.3 Å². The van der Waals surface area contributed by atoms with E-state index in [1.165, 1.54) is 7.11 Å². The van der Waals surface area contributed by atoms with Gasteiger partial charge in [-0.05, 0) is 62.0 Å². The van der Waals surface area contributed by atoms with E-state index in [0.717, 1.165) is 38.0 Å². The van der Waals surface area contributed by atoms with Gasteiger partial charge in [-0.2, -0.15) is 0 Å². The smallest absolute Gasteiger partial charge is 0.337 e. The quantitative estimate of drug-likeness (QED) is 0.832. The third-order valence-corrected chi connectivity index (χ3v) is 4.68. The summed E-state index contributed by atoms with van der Waals surface area (Å²) < 4.78 is 4.65. The average molecular weight is 288 g/mol. The van der Waals surface area contributed by atoms with Crippen molar-refractivity contribution in [3.8, 4) is 0 Å². The van der Waals surface area contributed by atoms with Gasteiger partial charge in [0.1, 0.15) is 0 Å². The maximum absolute atomic E-state index is 12.3. The van der Waals surface area contributed by atoms with Crippen molar-refractivity contribution in [1.82, 2.24) is 5.32 Å². The second-order valence-corrected chi connectivity index (χ2v) is 5.93. The average Bonchev–Trinajstić information content (AvgIpc) is 3.21. The van der Waals surface area contributed by atoms with Crippen LogP contribution in [0.25, 0.3) is 0 Å². The molecule has 3 rings (SSSR count). The first-order valence-electron chi connectivity index (χ1n) is 7.35. The van der Waals surface area contributed by atoms with Gasteiger partial charge in [-0.3, -0.25) is 4.79 Å². The Kier molecular flexibility index (Phi) is 3.68. The van der Waals surface area contributed by atoms with Crippen LogP contribution < -0.4 is 10.6 Å². The number of hydrogen-bond acceptors (Lipinski definition) is 4. The van der Waals surface area contributed by atoms with E-state index in [4.69, 9.17) is 0 Å². The number of rotatable bonds is 3. The second kappa shape index (κ2) is 5.48. The van der Waals surface area contributed by atoms with Crippen molar-refractivity contribution < 1.29 is 14.3 Å². The van der Waals surface area contributed by atoms with Crippen molar-refractivity contribution in [2.24, 2.45) is 11.3 Å². The molecule has 0 bridgehead atoms. The topological polar surface area (TPSA) is 67.4 Å². The van der Waals surface area contributed by atoms with Crippen LogP contribution in [0.5, 0.6) is 0 Å². The first kappa shape index (κ1) is 14.1. The molecule has 0 radical (unpaired) electrons. The maximum Gasteiger partial charge on any atom is 0.337 e. The molecule has 2 N–H and O–H groups in total. The van der Waals surface area contributed by atoms with Crippen molar-refractivity contribution >= 4 is 17.6 Å². The zero-order valence-corrected chi connectivity index (χ0v) is 12.1. The number of carbonyl (C=O) groups excluding carboxylic acids is 2. The molecule has 1 saturated carbocycles. The van der Waals surface area contributed by atoms with Gasteiger partial charge in [-0.1, -0.05) is 0 Å². The van der Waals surface area contributed by atoms with E-state index < -0.39 is 0 Å². The van der Waals surface area contributed by atoms with Crippen molar-refractivity contribution in [1.29, 1.82) is 0 Å². The Labute approximate surface area is 124 Å². The van der Waals surface area contributed by atoms with Crippen LogP contribution in [-0.4, -0.2) is 32.1 Å². The highest BCUT2D eigenvalue weighted by Crippen LogP contribution is 2.58. The predicted molar refractivity (Wildman–Crippen MR) is 79.1 cm³/mol. The van der Waals surface area contributed by atoms with E-state index in [9.17, 15) is 9.59 Å². The summed E-state index contributed by atoms with van der Waals surface area (Å²) in [7, 11) is 1.35. The van der Waals surface area contributed by atoms with E-state index >= 15 is 0 Å². The van der Waals surface area contributed by atoms with Crippen LogP contribution in [0.2, 0.25) is 0 Å². The zero-order valence-electron chi connectivity index (χ0n) is 12.1. The minimum atomic E-state index is -0.372. The van der Waals surface area contributed by atoms with Crippen LogP contribution >= 0.6 is 0 Å². The van der Waals surface area contributed by atoms with Gasteiger partial charge in [0, 0.05) is 11.6 Å². The number of esters is 1. The van der Waals surface area contributed by atoms with Gasteiger partial charge in [-0.25, -0.2) is 4.79 Å². The molecule has 5 heteroatoms. The van der Waals surface area contributed by atoms with Crippen molar-refractivity contribution in [2.75, 3.05) is 25.5 Å². The fourth-order valence-electron chi connectivity index (χ4n) is 3.23. The standard InChI is InChI=1S/C16H20N2O3/c1-21-15(20)11-2-4-12(5-3-11)18-14(19)13-10-16(13)6-8-17-9-7-16/h2-5,13,17H,6-10H2,1H3,(H,18,19). The Balaban J connectivity index is 1.59. The number of benzene rings is 1. The number of piperidine rings is 1. The summed E-state index contributed by atoms with van der Waals surface area (Å²) in [6.07, 6.45) is 3.18. The lowest BCUT2D eigenvalue weighted by molar-refractivity contribution is -0.118. The molecule has 1 heterocycles. The van der Waals surface area contributed by atoms with Gasteiger partial charge in [0.05, 0.1) is 12.7 Å². The minimum absolute atomic E-state index is 0.0997. The Morgan fingerprint density at radius 3 is 2.52 bits per heavy atom. The monoisotopic (exact) mass is 288 g/mol. The zero-order chi connectivity index (χ0) is 14.9. The highest BCUT2D eigenvalue weighted by atomic mass is 16.5. The minimum Gasteiger partial charge on any atom is -0.465 e. The molecule has 1 spiro atoms. The highest BCUT2D eigenvalue weighted by Gasteiger charge is 2.57. The molecule has 2 fully saturated rings. The number of nitrogens with one attached hydrogen (secondary N) is 2. The number of hydrogen-bond donors (Lipinski definition) is 2. The number of methoxy groups -OCH3 is 1. The number of ether oxygens (including phenoxy) is 1. The van der Waals surface area contributed by atoms with Crippen LogP contribution in [0.3, 0.4) is 0 Å². The first-order chi connectivity index (χ1) is 10.1. The molecule has 21 heavy (non-hydrogen) atoms. The molecule has 1 aliphatic carbocycles. The SMILES string of the molecule is COC(=O)c1ccc(NC(=O)C2CC23CCNCC3)cc1. The van der Waals surface area contributed by atoms with Crippen LogP contribution in [0, 0.1) is 11.3 Å². The van der Waals surface area contributed by atoms with Crippen molar-refractivity contribution in [3.63, 3.8) is 0 Å². The Morgan fingerprint density at radius 2 is 1.90 bits per heavy atom. The maximum atomic E-state index is 12.3. The summed E-state index contributed by atoms with van der Waals surface area (Å²) >= 11 is 0. The molecular formula is C16H20N2O3. The van der Waals surface area contributed by atoms with Gasteiger partial charge in [-0.15, -0.1) is 0 Å². The molecule has 2 aliphatic rings. The first-order valence-corrected chi connectivity index (χ1v) is 7.35. The largest absolute Gasteiger partial charge is 0.465 e. The van der Waals surface area contributed by atoms with Gasteiger partial charge in [0.2, 0.25) is 5.91 Å². The van der Waals surface area contributed by atoms with Crippen LogP contribution in [-0.2, 0) is 9.53 Å². The van der Waals surface area contributed by atoms with Crippen LogP contribution in [0.4, 0.5) is 5.69 Å². The highest BCUT2D eigenvalue weighted by molar-refractivity contribution is 5.96. The van der Waals surface area contributed by atoms with E-state index in [0.29, 0.717) is 5.56 Å². The number of anilines is 1. The summed E-state index contributed by atoms with van der Waals surface area (Å²) in [5, 5.41) is 6.28. The third-order valence-electron chi connectivity index (χ3n) is 4.68. The lowest BCUT2D eigenvalue weighted by Crippen LogP contribution is -2.31. The van der Waals surface area contributed by atoms with Crippen LogP contribution in [0.15, 0.2) is 24.3 Å². The molecule has 1 aromatic carbocycles. The fourth-order valence-corrected chi connectivity index (χ4v) is 3.23. The van der Waals surface area contributed by atoms with E-state index in [2.05, 4.69) is 15.4 Å². The summed E-state index contributed by atoms with van der Waals surface area (Å²) in [4.78, 5) is 23.7. The molecule has 1 aliphatic heterocycles. The molecule has 1 unspecified atom stereocenters. The van der Waals surface area contributed by atoms with E-state index in [1.807, 2.05) is 0 Å². The van der Waals surface area contributed by atoms with Gasteiger partial charge in [0.25, 0.3) is 0 Å². The summed E-state index contributed by atoms with van der Waals surface area (Å²) in [5.41, 5.74) is 1.45. The molecule has 1 saturated heterocycles. The predicted octanol–water partition coefficient (Wildman–Crippen LogP) is 1.80. The Bertz CT molecular complexity index is 547. The Morgan fingerprint density at radius 1 is 1.24 bits per heavy atom. The number of carbonyl (C=O) groups is 2. The van der Waals surface area contributed by atoms with Gasteiger partial charge < -0.3 is 15.4 Å². The summed E-state index contributed by atoms with van der Waals surface area (Å²) in [6, 6.07) is 6.80. The molecule has 112 valence electrons. The molecule has 0 aromatic heterocycles. The molecule has 5 nitrogen and oxygen atoms in total. The summed E-state index contributed by atoms with van der Waals surface area (Å²) in [5.74, 6) is -0.133. The molecule has 1 aromatic rings.